The standard InChI is InChI=1S/C48H54N8O7/c1-28(2)41(53-47(59)62-4)45(57)55-22-8-11-38(55)44-50-27-37(52-44)34-21-20-32-24-31(18-19-33(32)25-34)29-14-16-30(17-15-29)36-26-49-43(51-36)39-12-9-23-56(39)46(58)42(54-48(60)63-5)35-10-6-7-13-40(35)61-3/h6-7,10,13-21,24-28,38-39,41-42,47,53,59H,8-9,11-12,22-23H2,1-5H3,(H,49,51)(H,50,52)(H,54,60)/t38-,39-,41-,42-,47?/m0/s1. The van der Waals surface area contributed by atoms with Crippen LogP contribution >= 0.6 is 0 Å². The molecule has 2 fully saturated rings. The van der Waals surface area contributed by atoms with Crippen molar-refractivity contribution in [2.75, 3.05) is 34.4 Å². The van der Waals surface area contributed by atoms with Gasteiger partial charge in [-0.05, 0) is 77.3 Å². The lowest BCUT2D eigenvalue weighted by atomic mass is 9.98. The first-order valence-corrected chi connectivity index (χ1v) is 21.4. The molecule has 4 heterocycles. The molecule has 0 saturated carbocycles. The number of alkyl carbamates (subject to hydrolysis) is 1. The van der Waals surface area contributed by atoms with Crippen LogP contribution in [0.3, 0.4) is 0 Å². The number of H-pyrrole nitrogens is 2. The summed E-state index contributed by atoms with van der Waals surface area (Å²) in [7, 11) is 4.19. The minimum atomic E-state index is -1.23. The number of ether oxygens (including phenoxy) is 3. The van der Waals surface area contributed by atoms with Gasteiger partial charge in [0.2, 0.25) is 12.3 Å². The average molecular weight is 855 g/mol. The highest BCUT2D eigenvalue weighted by atomic mass is 16.6. The third-order valence-corrected chi connectivity index (χ3v) is 12.2. The lowest BCUT2D eigenvalue weighted by molar-refractivity contribution is -0.145. The summed E-state index contributed by atoms with van der Waals surface area (Å²) in [6, 6.07) is 26.1. The second-order valence-electron chi connectivity index (χ2n) is 16.4. The molecular formula is C48H54N8O7. The van der Waals surface area contributed by atoms with Crippen molar-refractivity contribution in [1.29, 1.82) is 0 Å². The van der Waals surface area contributed by atoms with Gasteiger partial charge in [-0.1, -0.05) is 80.6 Å². The number of para-hydroxylation sites is 1. The molecule has 2 aliphatic heterocycles. The van der Waals surface area contributed by atoms with Crippen LogP contribution in [0.1, 0.15) is 74.9 Å². The fourth-order valence-electron chi connectivity index (χ4n) is 8.84. The molecule has 2 aromatic heterocycles. The van der Waals surface area contributed by atoms with E-state index < -0.39 is 24.6 Å². The zero-order chi connectivity index (χ0) is 44.2. The Kier molecular flexibility index (Phi) is 12.9. The van der Waals surface area contributed by atoms with Crippen LogP contribution in [-0.2, 0) is 19.1 Å². The zero-order valence-corrected chi connectivity index (χ0v) is 36.1. The molecule has 328 valence electrons. The molecule has 2 aliphatic rings. The predicted molar refractivity (Wildman–Crippen MR) is 238 cm³/mol. The van der Waals surface area contributed by atoms with Crippen molar-refractivity contribution < 1.29 is 33.7 Å². The fraction of sp³-hybridized carbons (Fsp3) is 0.354. The maximum atomic E-state index is 14.1. The Hall–Kier alpha value is -6.55. The van der Waals surface area contributed by atoms with Crippen molar-refractivity contribution in [3.05, 3.63) is 115 Å². The minimum Gasteiger partial charge on any atom is -0.496 e. The molecule has 4 aromatic carbocycles. The number of aliphatic hydroxyl groups is 1. The van der Waals surface area contributed by atoms with E-state index >= 15 is 0 Å². The first kappa shape index (κ1) is 43.1. The van der Waals surface area contributed by atoms with E-state index in [-0.39, 0.29) is 29.8 Å². The van der Waals surface area contributed by atoms with Crippen LogP contribution in [0.5, 0.6) is 5.75 Å². The molecule has 0 bridgehead atoms. The maximum Gasteiger partial charge on any atom is 0.407 e. The molecule has 0 radical (unpaired) electrons. The topological polar surface area (TPSA) is 187 Å². The summed E-state index contributed by atoms with van der Waals surface area (Å²) >= 11 is 0. The van der Waals surface area contributed by atoms with Gasteiger partial charge >= 0.3 is 6.09 Å². The number of rotatable bonds is 14. The second kappa shape index (κ2) is 18.8. The van der Waals surface area contributed by atoms with Crippen molar-refractivity contribution in [3.8, 4) is 39.4 Å². The number of hydrogen-bond acceptors (Lipinski definition) is 10. The van der Waals surface area contributed by atoms with E-state index in [4.69, 9.17) is 24.2 Å². The molecule has 0 aliphatic carbocycles. The Labute approximate surface area is 366 Å². The number of amides is 3. The second-order valence-corrected chi connectivity index (χ2v) is 16.4. The van der Waals surface area contributed by atoms with Crippen LogP contribution in [0, 0.1) is 5.92 Å². The van der Waals surface area contributed by atoms with Gasteiger partial charge in [0.25, 0.3) is 5.91 Å². The van der Waals surface area contributed by atoms with E-state index in [9.17, 15) is 19.5 Å². The normalized spacial score (nSPS) is 17.8. The van der Waals surface area contributed by atoms with Crippen LogP contribution in [0.4, 0.5) is 4.79 Å². The summed E-state index contributed by atoms with van der Waals surface area (Å²) in [5.41, 5.74) is 6.36. The van der Waals surface area contributed by atoms with Gasteiger partial charge in [0.1, 0.15) is 23.4 Å². The molecule has 6 aromatic rings. The number of likely N-dealkylation sites (tertiary alicyclic amines) is 2. The Morgan fingerprint density at radius 1 is 0.730 bits per heavy atom. The SMILES string of the molecule is COC(=O)N[C@H](C(=O)N1CCC[C@H]1c1ncc(-c2ccc(-c3ccc4cc(-c5cnc([C@@H]6CCCN6C(=O)[C@@H](NC(O)OC)C(C)C)[nH]5)ccc4c3)cc2)[nH]1)c1ccccc1OC. The molecule has 5 atom stereocenters. The predicted octanol–water partition coefficient (Wildman–Crippen LogP) is 7.26. The van der Waals surface area contributed by atoms with E-state index in [1.807, 2.05) is 31.0 Å². The fourth-order valence-corrected chi connectivity index (χ4v) is 8.84. The third kappa shape index (κ3) is 9.03. The number of aliphatic hydroxyl groups excluding tert-OH is 1. The summed E-state index contributed by atoms with van der Waals surface area (Å²) in [5.74, 6) is 1.51. The van der Waals surface area contributed by atoms with Crippen molar-refractivity contribution in [1.82, 2.24) is 40.4 Å². The summed E-state index contributed by atoms with van der Waals surface area (Å²) < 4.78 is 15.4. The van der Waals surface area contributed by atoms with E-state index in [0.29, 0.717) is 30.2 Å². The highest BCUT2D eigenvalue weighted by molar-refractivity contribution is 5.91. The smallest absolute Gasteiger partial charge is 0.407 e. The molecule has 15 nitrogen and oxygen atoms in total. The Bertz CT molecular complexity index is 2570. The summed E-state index contributed by atoms with van der Waals surface area (Å²) in [6.45, 7) is 5.02. The summed E-state index contributed by atoms with van der Waals surface area (Å²) in [4.78, 5) is 60.2. The Morgan fingerprint density at radius 3 is 1.89 bits per heavy atom. The van der Waals surface area contributed by atoms with E-state index in [2.05, 4.69) is 81.3 Å². The van der Waals surface area contributed by atoms with Crippen molar-refractivity contribution in [2.24, 2.45) is 5.92 Å². The number of carbonyl (C=O) groups excluding carboxylic acids is 3. The van der Waals surface area contributed by atoms with Gasteiger partial charge in [0.05, 0.1) is 56.1 Å². The van der Waals surface area contributed by atoms with Gasteiger partial charge in [-0.25, -0.2) is 14.8 Å². The number of fused-ring (bicyclic) bond motifs is 1. The number of aromatic nitrogens is 4. The van der Waals surface area contributed by atoms with Gasteiger partial charge < -0.3 is 44.4 Å². The highest BCUT2D eigenvalue weighted by Gasteiger charge is 2.39. The minimum absolute atomic E-state index is 0.0503. The van der Waals surface area contributed by atoms with Crippen LogP contribution in [0.15, 0.2) is 97.3 Å². The molecule has 2 saturated heterocycles. The Morgan fingerprint density at radius 2 is 1.29 bits per heavy atom. The number of carbonyl (C=O) groups is 3. The number of imidazole rings is 2. The van der Waals surface area contributed by atoms with Crippen LogP contribution in [-0.4, -0.2) is 99.6 Å². The van der Waals surface area contributed by atoms with Crippen LogP contribution in [0.2, 0.25) is 0 Å². The molecule has 3 amide bonds. The first-order chi connectivity index (χ1) is 30.6. The molecule has 0 spiro atoms. The number of nitrogens with one attached hydrogen (secondary N) is 4. The van der Waals surface area contributed by atoms with Crippen molar-refractivity contribution >= 4 is 28.7 Å². The first-order valence-electron chi connectivity index (χ1n) is 21.4. The van der Waals surface area contributed by atoms with Gasteiger partial charge in [0, 0.05) is 31.3 Å². The summed E-state index contributed by atoms with van der Waals surface area (Å²) in [6.07, 6.45) is 4.87. The van der Waals surface area contributed by atoms with Gasteiger partial charge in [-0.15, -0.1) is 0 Å². The average Bonchev–Trinajstić information content (AvgIpc) is 4.16. The molecule has 15 heteroatoms. The molecule has 5 N–H and O–H groups in total. The maximum absolute atomic E-state index is 14.1. The molecule has 8 rings (SSSR count). The molecular weight excluding hydrogens is 801 g/mol. The van der Waals surface area contributed by atoms with Gasteiger partial charge in [-0.2, -0.15) is 0 Å². The van der Waals surface area contributed by atoms with Gasteiger partial charge in [0.15, 0.2) is 0 Å². The molecule has 1 unspecified atom stereocenters. The number of aromatic amines is 2. The monoisotopic (exact) mass is 854 g/mol. The van der Waals surface area contributed by atoms with Crippen molar-refractivity contribution in [2.45, 2.75) is 70.1 Å². The van der Waals surface area contributed by atoms with E-state index in [1.165, 1.54) is 21.3 Å². The van der Waals surface area contributed by atoms with Crippen LogP contribution < -0.4 is 15.4 Å². The van der Waals surface area contributed by atoms with Crippen LogP contribution in [0.25, 0.3) is 44.4 Å². The lowest BCUT2D eigenvalue weighted by Crippen LogP contribution is -2.52. The Balaban J connectivity index is 0.946. The van der Waals surface area contributed by atoms with E-state index in [1.54, 1.807) is 29.3 Å². The van der Waals surface area contributed by atoms with Crippen molar-refractivity contribution in [3.63, 3.8) is 0 Å². The molecule has 63 heavy (non-hydrogen) atoms. The number of methoxy groups -OCH3 is 3. The number of benzene rings is 4. The largest absolute Gasteiger partial charge is 0.496 e. The highest BCUT2D eigenvalue weighted by Crippen LogP contribution is 2.37. The zero-order valence-electron chi connectivity index (χ0n) is 36.1. The van der Waals surface area contributed by atoms with Gasteiger partial charge in [-0.3, -0.25) is 14.9 Å². The quantitative estimate of drug-likeness (QED) is 0.0699. The third-order valence-electron chi connectivity index (χ3n) is 12.2. The lowest BCUT2D eigenvalue weighted by Gasteiger charge is -2.31. The summed E-state index contributed by atoms with van der Waals surface area (Å²) in [5, 5.41) is 17.8. The van der Waals surface area contributed by atoms with E-state index in [0.717, 1.165) is 75.9 Å². The number of nitrogens with zero attached hydrogens (tertiary/aromatic N) is 4. The number of hydrogen-bond donors (Lipinski definition) is 5.